The minimum absolute atomic E-state index is 0.280. The predicted molar refractivity (Wildman–Crippen MR) is 125 cm³/mol. The number of primary amides is 1. The van der Waals surface area contributed by atoms with Crippen LogP contribution in [-0.2, 0) is 20.8 Å². The summed E-state index contributed by atoms with van der Waals surface area (Å²) in [4.78, 5) is 51.4. The first-order chi connectivity index (χ1) is 14.4. The number of carbonyl (C=O) groups excluding carboxylic acids is 4. The van der Waals surface area contributed by atoms with Gasteiger partial charge in [-0.2, -0.15) is 0 Å². The molecule has 0 bridgehead atoms. The van der Waals surface area contributed by atoms with Gasteiger partial charge in [0.1, 0.15) is 11.2 Å². The molecule has 0 radical (unpaired) electrons. The molecule has 0 unspecified atom stereocenters. The number of anilines is 2. The van der Waals surface area contributed by atoms with E-state index in [1.807, 2.05) is 0 Å². The minimum Gasteiger partial charge on any atom is -0.443 e. The van der Waals surface area contributed by atoms with Crippen molar-refractivity contribution in [1.29, 1.82) is 0 Å². The molecule has 0 aliphatic rings. The van der Waals surface area contributed by atoms with E-state index in [4.69, 9.17) is 15.2 Å². The Balaban J connectivity index is 3.53. The molecule has 178 valence electrons. The number of hydrogen-bond donors (Lipinski definition) is 2. The number of nitrogens with two attached hydrogens (primary N) is 1. The molecule has 0 aromatic heterocycles. The van der Waals surface area contributed by atoms with Crippen LogP contribution in [0.4, 0.5) is 25.8 Å². The summed E-state index contributed by atoms with van der Waals surface area (Å²) in [5, 5.41) is 0. The third-order valence-corrected chi connectivity index (χ3v) is 4.33. The second-order valence-electron chi connectivity index (χ2n) is 9.09. The number of imide groups is 1. The lowest BCUT2D eigenvalue weighted by Crippen LogP contribution is -2.43. The fourth-order valence-corrected chi connectivity index (χ4v) is 2.59. The predicted octanol–water partition coefficient (Wildman–Crippen LogP) is 4.07. The lowest BCUT2D eigenvalue weighted by molar-refractivity contribution is -0.116. The van der Waals surface area contributed by atoms with E-state index in [-0.39, 0.29) is 18.1 Å². The van der Waals surface area contributed by atoms with Crippen LogP contribution in [0.15, 0.2) is 18.2 Å². The highest BCUT2D eigenvalue weighted by Gasteiger charge is 2.32. The van der Waals surface area contributed by atoms with Gasteiger partial charge in [0.05, 0.1) is 12.2 Å². The van der Waals surface area contributed by atoms with E-state index in [0.717, 1.165) is 9.21 Å². The Morgan fingerprint density at radius 2 is 1.44 bits per heavy atom. The summed E-state index contributed by atoms with van der Waals surface area (Å²) < 4.78 is 11.7. The Hall–Kier alpha value is -2.95. The Bertz CT molecular complexity index is 863. The van der Waals surface area contributed by atoms with E-state index in [0.29, 0.717) is 11.3 Å². The lowest BCUT2D eigenvalue weighted by Gasteiger charge is -2.30. The zero-order valence-corrected chi connectivity index (χ0v) is 20.6. The van der Waals surface area contributed by atoms with Crippen molar-refractivity contribution >= 4 is 48.3 Å². The number of carbonyl (C=O) groups is 4. The molecule has 11 heteroatoms. The van der Waals surface area contributed by atoms with Gasteiger partial charge in [0, 0.05) is 19.7 Å². The summed E-state index contributed by atoms with van der Waals surface area (Å²) in [6, 6.07) is 3.75. The summed E-state index contributed by atoms with van der Waals surface area (Å²) >= 11 is 4.05. The van der Waals surface area contributed by atoms with Crippen LogP contribution < -0.4 is 14.9 Å². The molecule has 2 N–H and O–H groups in total. The van der Waals surface area contributed by atoms with Gasteiger partial charge in [0.25, 0.3) is 0 Å². The molecule has 0 atom stereocenters. The van der Waals surface area contributed by atoms with Crippen LogP contribution in [0.3, 0.4) is 0 Å². The van der Waals surface area contributed by atoms with E-state index in [1.54, 1.807) is 54.7 Å². The Morgan fingerprint density at radius 3 is 1.81 bits per heavy atom. The summed E-state index contributed by atoms with van der Waals surface area (Å²) in [5.41, 5.74) is 4.60. The summed E-state index contributed by atoms with van der Waals surface area (Å²) in [6.07, 6.45) is -1.85. The van der Waals surface area contributed by atoms with Gasteiger partial charge in [0.2, 0.25) is 5.91 Å². The minimum atomic E-state index is -0.925. The first kappa shape index (κ1) is 27.1. The Labute approximate surface area is 194 Å². The monoisotopic (exact) mass is 468 g/mol. The van der Waals surface area contributed by atoms with Crippen molar-refractivity contribution in [1.82, 2.24) is 4.90 Å². The molecular formula is C21H32N4O6S. The van der Waals surface area contributed by atoms with Crippen LogP contribution in [0.1, 0.15) is 54.0 Å². The van der Waals surface area contributed by atoms with Gasteiger partial charge >= 0.3 is 18.2 Å². The summed E-state index contributed by atoms with van der Waals surface area (Å²) in [5.74, 6) is -0.280. The van der Waals surface area contributed by atoms with Crippen LogP contribution in [0.5, 0.6) is 0 Å². The smallest absolute Gasteiger partial charge is 0.420 e. The molecule has 0 fully saturated rings. The van der Waals surface area contributed by atoms with Crippen molar-refractivity contribution in [3.8, 4) is 0 Å². The van der Waals surface area contributed by atoms with Crippen molar-refractivity contribution in [2.24, 2.45) is 5.73 Å². The maximum absolute atomic E-state index is 12.9. The maximum Gasteiger partial charge on any atom is 0.420 e. The number of amides is 5. The van der Waals surface area contributed by atoms with Crippen LogP contribution in [0, 0.1) is 0 Å². The maximum atomic E-state index is 12.9. The van der Waals surface area contributed by atoms with E-state index < -0.39 is 29.4 Å². The average Bonchev–Trinajstić information content (AvgIpc) is 2.61. The van der Waals surface area contributed by atoms with Gasteiger partial charge in [-0.1, -0.05) is 12.8 Å². The van der Waals surface area contributed by atoms with Gasteiger partial charge in [-0.15, -0.1) is 0 Å². The van der Waals surface area contributed by atoms with Gasteiger partial charge < -0.3 is 20.1 Å². The molecule has 10 nitrogen and oxygen atoms in total. The lowest BCUT2D eigenvalue weighted by atomic mass is 10.1. The first-order valence-electron chi connectivity index (χ1n) is 9.82. The highest BCUT2D eigenvalue weighted by atomic mass is 32.1. The first-order valence-corrected chi connectivity index (χ1v) is 10.2. The highest BCUT2D eigenvalue weighted by Crippen LogP contribution is 2.29. The third kappa shape index (κ3) is 7.95. The fraction of sp³-hybridized carbons (Fsp3) is 0.524. The van der Waals surface area contributed by atoms with Crippen molar-refractivity contribution in [2.45, 2.75) is 66.2 Å². The third-order valence-electron chi connectivity index (χ3n) is 3.91. The molecule has 0 saturated carbocycles. The quantitative estimate of drug-likeness (QED) is 0.642. The van der Waals surface area contributed by atoms with Crippen LogP contribution >= 0.6 is 12.8 Å². The molecule has 1 aromatic carbocycles. The standard InChI is InChI=1S/C21H32N4O6S/c1-13(26)23(8)16-10-9-15(25(32)17(22)27)11-14(16)12-24(18(28)30-20(2,3)4)19(29)31-21(5,6)7/h9-11,32H,12H2,1-8H3,(H2,22,27). The topological polar surface area (TPSA) is 122 Å². The van der Waals surface area contributed by atoms with Gasteiger partial charge in [-0.25, -0.2) is 23.6 Å². The molecule has 5 amide bonds. The number of hydrogen-bond acceptors (Lipinski definition) is 7. The number of rotatable bonds is 4. The highest BCUT2D eigenvalue weighted by molar-refractivity contribution is 7.82. The molecule has 1 rings (SSSR count). The molecule has 0 aliphatic carbocycles. The second kappa shape index (κ2) is 10.1. The zero-order valence-electron chi connectivity index (χ0n) is 19.8. The molecular weight excluding hydrogens is 436 g/mol. The van der Waals surface area contributed by atoms with Crippen LogP contribution in [-0.4, -0.2) is 47.3 Å². The Kier molecular flexibility index (Phi) is 8.56. The van der Waals surface area contributed by atoms with Crippen molar-refractivity contribution in [2.75, 3.05) is 16.3 Å². The van der Waals surface area contributed by atoms with Gasteiger partial charge in [0.15, 0.2) is 0 Å². The SMILES string of the molecule is CC(=O)N(C)c1ccc(N(S)C(N)=O)cc1CN(C(=O)OC(C)(C)C)C(=O)OC(C)(C)C. The van der Waals surface area contributed by atoms with E-state index in [2.05, 4.69) is 12.8 Å². The number of urea groups is 1. The number of benzene rings is 1. The van der Waals surface area contributed by atoms with Gasteiger partial charge in [-0.3, -0.25) is 4.79 Å². The molecule has 1 aromatic rings. The average molecular weight is 469 g/mol. The molecule has 0 saturated heterocycles. The molecule has 0 heterocycles. The van der Waals surface area contributed by atoms with Crippen molar-refractivity contribution < 1.29 is 28.7 Å². The van der Waals surface area contributed by atoms with Crippen molar-refractivity contribution in [3.63, 3.8) is 0 Å². The largest absolute Gasteiger partial charge is 0.443 e. The summed E-state index contributed by atoms with van der Waals surface area (Å²) in [6.45, 7) is 11.1. The van der Waals surface area contributed by atoms with Gasteiger partial charge in [-0.05, 0) is 65.3 Å². The van der Waals surface area contributed by atoms with E-state index in [9.17, 15) is 19.2 Å². The second-order valence-corrected chi connectivity index (χ2v) is 9.49. The van der Waals surface area contributed by atoms with Crippen molar-refractivity contribution in [3.05, 3.63) is 23.8 Å². The molecule has 0 aliphatic heterocycles. The number of ether oxygens (including phenoxy) is 2. The Morgan fingerprint density at radius 1 is 0.969 bits per heavy atom. The normalized spacial score (nSPS) is 11.4. The number of thiol groups is 1. The molecule has 32 heavy (non-hydrogen) atoms. The zero-order chi connectivity index (χ0) is 25.0. The number of nitrogens with zero attached hydrogens (tertiary/aromatic N) is 3. The fourth-order valence-electron chi connectivity index (χ4n) is 2.46. The van der Waals surface area contributed by atoms with Crippen LogP contribution in [0.2, 0.25) is 0 Å². The van der Waals surface area contributed by atoms with E-state index >= 15 is 0 Å². The van der Waals surface area contributed by atoms with Crippen LogP contribution in [0.25, 0.3) is 0 Å². The van der Waals surface area contributed by atoms with E-state index in [1.165, 1.54) is 24.0 Å². The molecule has 0 spiro atoms. The summed E-state index contributed by atoms with van der Waals surface area (Å²) in [7, 11) is 1.54.